The Balaban J connectivity index is 1.94. The largest absolute Gasteiger partial charge is 0.502 e. The van der Waals surface area contributed by atoms with Crippen molar-refractivity contribution in [2.45, 2.75) is 37.5 Å². The number of hydrogen-bond donors (Lipinski definition) is 3. The smallest absolute Gasteiger partial charge is 0.312 e. The van der Waals surface area contributed by atoms with E-state index in [2.05, 4.69) is 6.92 Å². The van der Waals surface area contributed by atoms with Crippen molar-refractivity contribution >= 4 is 21.6 Å². The number of benzene rings is 2. The number of nitro benzene ring substituents is 1. The van der Waals surface area contributed by atoms with Crippen LogP contribution >= 0.6 is 0 Å². The molecule has 3 N–H and O–H groups in total. The Hall–Kier alpha value is -3.18. The van der Waals surface area contributed by atoms with Crippen molar-refractivity contribution in [3.8, 4) is 11.5 Å². The van der Waals surface area contributed by atoms with E-state index in [1.54, 1.807) is 12.1 Å². The number of carbonyl (C=O) groups is 1. The topological polar surface area (TPSA) is 148 Å². The number of phenols is 1. The minimum absolute atomic E-state index is 0.188. The van der Waals surface area contributed by atoms with Crippen LogP contribution in [0, 0.1) is 10.1 Å². The third-order valence-corrected chi connectivity index (χ3v) is 5.38. The highest BCUT2D eigenvalue weighted by Crippen LogP contribution is 2.28. The minimum atomic E-state index is -4.29. The first-order valence-corrected chi connectivity index (χ1v) is 10.8. The zero-order valence-corrected chi connectivity index (χ0v) is 17.1. The maximum Gasteiger partial charge on any atom is 0.312 e. The van der Waals surface area contributed by atoms with Gasteiger partial charge in [0.2, 0.25) is 0 Å². The van der Waals surface area contributed by atoms with E-state index in [1.807, 2.05) is 10.3 Å². The van der Waals surface area contributed by atoms with E-state index in [9.17, 15) is 28.4 Å². The monoisotopic (exact) mass is 437 g/mol. The minimum Gasteiger partial charge on any atom is -0.502 e. The lowest BCUT2D eigenvalue weighted by molar-refractivity contribution is -0.386. The maximum atomic E-state index is 12.3. The summed E-state index contributed by atoms with van der Waals surface area (Å²) in [5.41, 5.74) is 1.46. The fourth-order valence-electron chi connectivity index (χ4n) is 2.48. The Morgan fingerprint density at radius 3 is 2.47 bits per heavy atom. The lowest BCUT2D eigenvalue weighted by Crippen LogP contribution is -2.41. The molecule has 0 heterocycles. The van der Waals surface area contributed by atoms with Crippen molar-refractivity contribution < 1.29 is 28.0 Å². The standard InChI is InChI=1S/C19H23N3O7S/c1-2-3-4-5-12-29-15-8-6-14(7-9-15)19(24)20-21-30(27,28)16-10-11-18(23)17(13-16)22(25)26/h6-11,13,21,23H,2-5,12H2,1H3,(H,20,24). The maximum absolute atomic E-state index is 12.3. The van der Waals surface area contributed by atoms with Gasteiger partial charge in [-0.05, 0) is 42.8 Å². The van der Waals surface area contributed by atoms with Gasteiger partial charge in [0.1, 0.15) is 5.75 Å². The van der Waals surface area contributed by atoms with Crippen LogP contribution in [0.1, 0.15) is 43.0 Å². The van der Waals surface area contributed by atoms with E-state index in [1.165, 1.54) is 12.1 Å². The number of aromatic hydroxyl groups is 1. The quantitative estimate of drug-likeness (QED) is 0.278. The number of nitrogens with one attached hydrogen (secondary N) is 2. The van der Waals surface area contributed by atoms with Gasteiger partial charge in [0.25, 0.3) is 15.9 Å². The Morgan fingerprint density at radius 2 is 1.83 bits per heavy atom. The molecule has 2 aromatic rings. The van der Waals surface area contributed by atoms with Gasteiger partial charge in [-0.3, -0.25) is 20.3 Å². The van der Waals surface area contributed by atoms with Gasteiger partial charge < -0.3 is 9.84 Å². The van der Waals surface area contributed by atoms with E-state index in [0.29, 0.717) is 18.4 Å². The summed E-state index contributed by atoms with van der Waals surface area (Å²) in [7, 11) is -4.29. The second-order valence-corrected chi connectivity index (χ2v) is 8.08. The molecule has 0 aliphatic rings. The Morgan fingerprint density at radius 1 is 1.13 bits per heavy atom. The molecule has 0 saturated heterocycles. The van der Waals surface area contributed by atoms with Crippen LogP contribution in [0.25, 0.3) is 0 Å². The van der Waals surface area contributed by atoms with E-state index in [-0.39, 0.29) is 5.56 Å². The molecule has 30 heavy (non-hydrogen) atoms. The SMILES string of the molecule is CCCCCCOc1ccc(C(=O)NNS(=O)(=O)c2ccc(O)c([N+](=O)[O-])c2)cc1. The van der Waals surface area contributed by atoms with Crippen molar-refractivity contribution in [1.82, 2.24) is 10.3 Å². The van der Waals surface area contributed by atoms with Gasteiger partial charge in [-0.1, -0.05) is 26.2 Å². The summed E-state index contributed by atoms with van der Waals surface area (Å²) in [5.74, 6) is -0.794. The number of phenolic OH excluding ortho intramolecular Hbond substituents is 1. The van der Waals surface area contributed by atoms with Crippen LogP contribution in [0.5, 0.6) is 11.5 Å². The molecule has 2 aromatic carbocycles. The number of sulfonamides is 1. The van der Waals surface area contributed by atoms with Gasteiger partial charge in [0, 0.05) is 11.6 Å². The number of hydrazine groups is 1. The predicted molar refractivity (Wildman–Crippen MR) is 109 cm³/mol. The number of unbranched alkanes of at least 4 members (excludes halogenated alkanes) is 3. The van der Waals surface area contributed by atoms with Crippen LogP contribution in [0.2, 0.25) is 0 Å². The normalized spacial score (nSPS) is 11.1. The van der Waals surface area contributed by atoms with Crippen LogP contribution in [0.4, 0.5) is 5.69 Å². The Kier molecular flexibility index (Phi) is 8.13. The molecule has 1 amide bonds. The highest BCUT2D eigenvalue weighted by Gasteiger charge is 2.22. The average molecular weight is 437 g/mol. The van der Waals surface area contributed by atoms with E-state index in [4.69, 9.17) is 4.74 Å². The van der Waals surface area contributed by atoms with E-state index in [0.717, 1.165) is 37.8 Å². The molecule has 0 unspecified atom stereocenters. The zero-order chi connectivity index (χ0) is 22.1. The molecule has 0 aromatic heterocycles. The molecule has 0 aliphatic heterocycles. The fourth-order valence-corrected chi connectivity index (χ4v) is 3.34. The van der Waals surface area contributed by atoms with Crippen LogP contribution < -0.4 is 15.0 Å². The summed E-state index contributed by atoms with van der Waals surface area (Å²) < 4.78 is 30.1. The Bertz CT molecular complexity index is 992. The van der Waals surface area contributed by atoms with E-state index >= 15 is 0 Å². The van der Waals surface area contributed by atoms with Gasteiger partial charge in [-0.15, -0.1) is 4.83 Å². The molecule has 0 fully saturated rings. The number of ether oxygens (including phenoxy) is 1. The molecule has 0 saturated carbocycles. The molecule has 0 spiro atoms. The molecule has 162 valence electrons. The first-order valence-electron chi connectivity index (χ1n) is 9.27. The van der Waals surface area contributed by atoms with Crippen molar-refractivity contribution in [3.63, 3.8) is 0 Å². The van der Waals surface area contributed by atoms with Gasteiger partial charge in [-0.2, -0.15) is 0 Å². The van der Waals surface area contributed by atoms with Gasteiger partial charge >= 0.3 is 5.69 Å². The molecular weight excluding hydrogens is 414 g/mol. The molecule has 11 heteroatoms. The van der Waals surface area contributed by atoms with E-state index < -0.39 is 37.2 Å². The lowest BCUT2D eigenvalue weighted by atomic mass is 10.2. The number of amides is 1. The number of hydrogen-bond acceptors (Lipinski definition) is 7. The summed E-state index contributed by atoms with van der Waals surface area (Å²) in [6.45, 7) is 2.70. The summed E-state index contributed by atoms with van der Waals surface area (Å²) in [6.07, 6.45) is 4.31. The number of rotatable bonds is 11. The third kappa shape index (κ3) is 6.42. The zero-order valence-electron chi connectivity index (χ0n) is 16.3. The summed E-state index contributed by atoms with van der Waals surface area (Å²) in [6, 6.07) is 8.72. The molecular formula is C19H23N3O7S. The van der Waals surface area contributed by atoms with Crippen LogP contribution in [-0.2, 0) is 10.0 Å². The molecule has 2 rings (SSSR count). The summed E-state index contributed by atoms with van der Waals surface area (Å²) in [5, 5.41) is 20.3. The first kappa shape index (κ1) is 23.1. The first-order chi connectivity index (χ1) is 14.2. The third-order valence-electron chi connectivity index (χ3n) is 4.14. The summed E-state index contributed by atoms with van der Waals surface area (Å²) >= 11 is 0. The van der Waals surface area contributed by atoms with Crippen LogP contribution in [0.15, 0.2) is 47.4 Å². The van der Waals surface area contributed by atoms with Crippen molar-refractivity contribution in [2.24, 2.45) is 0 Å². The number of nitrogens with zero attached hydrogens (tertiary/aromatic N) is 1. The molecule has 0 atom stereocenters. The highest BCUT2D eigenvalue weighted by molar-refractivity contribution is 7.89. The fraction of sp³-hybridized carbons (Fsp3) is 0.316. The van der Waals surface area contributed by atoms with Gasteiger partial charge in [0.05, 0.1) is 16.4 Å². The number of carbonyl (C=O) groups excluding carboxylic acids is 1. The van der Waals surface area contributed by atoms with Crippen LogP contribution in [-0.4, -0.2) is 31.0 Å². The van der Waals surface area contributed by atoms with Gasteiger partial charge in [-0.25, -0.2) is 8.42 Å². The predicted octanol–water partition coefficient (Wildman–Crippen LogP) is 2.88. The molecule has 0 aliphatic carbocycles. The molecule has 0 bridgehead atoms. The Labute approximate surface area is 174 Å². The second kappa shape index (κ2) is 10.6. The highest BCUT2D eigenvalue weighted by atomic mass is 32.2. The van der Waals surface area contributed by atoms with Crippen molar-refractivity contribution in [2.75, 3.05) is 6.61 Å². The number of nitro groups is 1. The summed E-state index contributed by atoms with van der Waals surface area (Å²) in [4.78, 5) is 23.5. The second-order valence-electron chi connectivity index (χ2n) is 6.40. The lowest BCUT2D eigenvalue weighted by Gasteiger charge is -2.10. The average Bonchev–Trinajstić information content (AvgIpc) is 2.72. The van der Waals surface area contributed by atoms with Crippen molar-refractivity contribution in [3.05, 3.63) is 58.1 Å². The molecule has 10 nitrogen and oxygen atoms in total. The van der Waals surface area contributed by atoms with Gasteiger partial charge in [0.15, 0.2) is 5.75 Å². The van der Waals surface area contributed by atoms with Crippen LogP contribution in [0.3, 0.4) is 0 Å². The molecule has 0 radical (unpaired) electrons. The van der Waals surface area contributed by atoms with Crippen molar-refractivity contribution in [1.29, 1.82) is 0 Å².